The number of rotatable bonds is 6. The number of nitrogens with one attached hydrogen (secondary N) is 2. The molecule has 0 aliphatic carbocycles. The molecule has 0 radical (unpaired) electrons. The lowest BCUT2D eigenvalue weighted by Gasteiger charge is -2.29. The molecular formula is C32H29F5N4O4. The van der Waals surface area contributed by atoms with Gasteiger partial charge in [-0.05, 0) is 61.4 Å². The van der Waals surface area contributed by atoms with Gasteiger partial charge in [-0.1, -0.05) is 24.3 Å². The molecule has 0 saturated carbocycles. The zero-order valence-corrected chi connectivity index (χ0v) is 24.3. The molecular weight excluding hydrogens is 599 g/mol. The minimum Gasteiger partial charge on any atom is -0.378 e. The number of alkyl halides is 3. The number of hydrazine groups is 1. The summed E-state index contributed by atoms with van der Waals surface area (Å²) >= 11 is 0. The van der Waals surface area contributed by atoms with E-state index in [1.54, 1.807) is 18.7 Å². The molecule has 4 aromatic rings. The minimum atomic E-state index is -4.53. The summed E-state index contributed by atoms with van der Waals surface area (Å²) < 4.78 is 75.0. The number of ether oxygens (including phenoxy) is 1. The van der Waals surface area contributed by atoms with Gasteiger partial charge in [-0.25, -0.2) is 8.78 Å². The Morgan fingerprint density at radius 2 is 1.51 bits per heavy atom. The number of halogens is 5. The van der Waals surface area contributed by atoms with E-state index < -0.39 is 51.6 Å². The van der Waals surface area contributed by atoms with Gasteiger partial charge in [0.25, 0.3) is 5.91 Å². The van der Waals surface area contributed by atoms with Crippen molar-refractivity contribution in [2.75, 3.05) is 31.2 Å². The lowest BCUT2D eigenvalue weighted by atomic mass is 9.84. The van der Waals surface area contributed by atoms with Crippen LogP contribution in [-0.2, 0) is 27.7 Å². The molecule has 1 aliphatic rings. The number of carbonyl (C=O) groups is 2. The molecule has 1 saturated heterocycles. The number of pyridine rings is 1. The Labute approximate surface area is 254 Å². The van der Waals surface area contributed by atoms with Crippen molar-refractivity contribution in [1.29, 1.82) is 0 Å². The van der Waals surface area contributed by atoms with Crippen LogP contribution in [0.3, 0.4) is 0 Å². The number of nitrogens with zero attached hydrogens (tertiary/aromatic N) is 2. The van der Waals surface area contributed by atoms with Gasteiger partial charge in [0, 0.05) is 31.2 Å². The van der Waals surface area contributed by atoms with E-state index in [-0.39, 0.29) is 23.1 Å². The van der Waals surface area contributed by atoms with Gasteiger partial charge in [0.15, 0.2) is 0 Å². The van der Waals surface area contributed by atoms with Gasteiger partial charge in [-0.15, -0.1) is 0 Å². The van der Waals surface area contributed by atoms with Crippen molar-refractivity contribution in [3.05, 3.63) is 111 Å². The van der Waals surface area contributed by atoms with E-state index in [1.807, 2.05) is 0 Å². The van der Waals surface area contributed by atoms with Crippen molar-refractivity contribution in [2.24, 2.45) is 0 Å². The summed E-state index contributed by atoms with van der Waals surface area (Å²) in [5, 5.41) is -0.137. The predicted molar refractivity (Wildman–Crippen MR) is 157 cm³/mol. The lowest BCUT2D eigenvalue weighted by molar-refractivity contribution is -0.137. The Balaban J connectivity index is 1.50. The highest BCUT2D eigenvalue weighted by Crippen LogP contribution is 2.30. The van der Waals surface area contributed by atoms with Crippen molar-refractivity contribution in [1.82, 2.24) is 15.4 Å². The third-order valence-corrected chi connectivity index (χ3v) is 7.80. The number of hydrogen-bond donors (Lipinski definition) is 2. The van der Waals surface area contributed by atoms with Gasteiger partial charge in [0.1, 0.15) is 17.2 Å². The first-order valence-corrected chi connectivity index (χ1v) is 14.0. The zero-order valence-electron chi connectivity index (χ0n) is 24.3. The van der Waals surface area contributed by atoms with Crippen molar-refractivity contribution in [3.8, 4) is 0 Å². The van der Waals surface area contributed by atoms with Crippen LogP contribution in [0.25, 0.3) is 10.9 Å². The summed E-state index contributed by atoms with van der Waals surface area (Å²) in [5.74, 6) is -2.84. The Hall–Kier alpha value is -4.78. The standard InChI is InChI=1S/C32H29F5N4O4/c1-31(2,20-7-9-22(33)10-8-20)30(44)39-38-29(43)24-18-41(17-19-3-5-21(6-4-19)32(35,36)37)26-16-27(40-11-13-45-14-12-40)25(34)15-23(26)28(24)42/h3-10,15-16,18H,11-14,17H2,1-2H3,(H,38,43)(H,39,44). The van der Waals surface area contributed by atoms with Crippen molar-refractivity contribution in [2.45, 2.75) is 32.0 Å². The molecule has 45 heavy (non-hydrogen) atoms. The van der Waals surface area contributed by atoms with Gasteiger partial charge in [-0.3, -0.25) is 25.2 Å². The summed E-state index contributed by atoms with van der Waals surface area (Å²) in [6.07, 6.45) is -3.32. The van der Waals surface area contributed by atoms with Crippen LogP contribution in [0, 0.1) is 11.6 Å². The second-order valence-electron chi connectivity index (χ2n) is 11.2. The Morgan fingerprint density at radius 3 is 2.13 bits per heavy atom. The first-order chi connectivity index (χ1) is 21.3. The topological polar surface area (TPSA) is 92.7 Å². The lowest BCUT2D eigenvalue weighted by Crippen LogP contribution is -2.50. The molecule has 1 aromatic heterocycles. The predicted octanol–water partition coefficient (Wildman–Crippen LogP) is 4.92. The fourth-order valence-corrected chi connectivity index (χ4v) is 5.07. The Morgan fingerprint density at radius 1 is 0.889 bits per heavy atom. The maximum absolute atomic E-state index is 15.4. The zero-order chi connectivity index (χ0) is 32.5. The molecule has 5 rings (SSSR count). The summed E-state index contributed by atoms with van der Waals surface area (Å²) in [6.45, 7) is 4.61. The maximum atomic E-state index is 15.4. The first kappa shape index (κ1) is 31.6. The van der Waals surface area contributed by atoms with Crippen LogP contribution in [0.5, 0.6) is 0 Å². The molecule has 8 nitrogen and oxygen atoms in total. The molecule has 1 fully saturated rings. The van der Waals surface area contributed by atoms with Crippen LogP contribution in [0.4, 0.5) is 27.6 Å². The number of carbonyl (C=O) groups excluding carboxylic acids is 2. The van der Waals surface area contributed by atoms with Crippen LogP contribution < -0.4 is 21.2 Å². The highest BCUT2D eigenvalue weighted by molar-refractivity contribution is 5.99. The number of anilines is 1. The van der Waals surface area contributed by atoms with E-state index in [4.69, 9.17) is 4.74 Å². The highest BCUT2D eigenvalue weighted by atomic mass is 19.4. The largest absolute Gasteiger partial charge is 0.416 e. The van der Waals surface area contributed by atoms with E-state index in [1.165, 1.54) is 53.2 Å². The van der Waals surface area contributed by atoms with E-state index >= 15 is 4.39 Å². The summed E-state index contributed by atoms with van der Waals surface area (Å²) in [4.78, 5) is 41.5. The quantitative estimate of drug-likeness (QED) is 0.234. The van der Waals surface area contributed by atoms with E-state index in [2.05, 4.69) is 10.9 Å². The molecule has 0 bridgehead atoms. The third-order valence-electron chi connectivity index (χ3n) is 7.80. The molecule has 0 atom stereocenters. The summed E-state index contributed by atoms with van der Waals surface area (Å²) in [6, 6.07) is 12.1. The van der Waals surface area contributed by atoms with Gasteiger partial charge < -0.3 is 14.2 Å². The number of benzene rings is 3. The van der Waals surface area contributed by atoms with Gasteiger partial charge in [0.05, 0.1) is 35.4 Å². The van der Waals surface area contributed by atoms with Crippen LogP contribution in [-0.4, -0.2) is 42.7 Å². The fourth-order valence-electron chi connectivity index (χ4n) is 5.07. The second kappa shape index (κ2) is 12.3. The molecule has 2 heterocycles. The minimum absolute atomic E-state index is 0.0622. The smallest absolute Gasteiger partial charge is 0.378 e. The third kappa shape index (κ3) is 6.68. The van der Waals surface area contributed by atoms with Crippen LogP contribution in [0.1, 0.15) is 40.9 Å². The second-order valence-corrected chi connectivity index (χ2v) is 11.2. The number of morpholine rings is 1. The highest BCUT2D eigenvalue weighted by Gasteiger charge is 2.31. The van der Waals surface area contributed by atoms with Crippen molar-refractivity contribution in [3.63, 3.8) is 0 Å². The van der Waals surface area contributed by atoms with Crippen LogP contribution in [0.15, 0.2) is 71.7 Å². The summed E-state index contributed by atoms with van der Waals surface area (Å²) in [5.41, 5.74) is 2.55. The summed E-state index contributed by atoms with van der Waals surface area (Å²) in [7, 11) is 0. The van der Waals surface area contributed by atoms with Crippen LogP contribution in [0.2, 0.25) is 0 Å². The van der Waals surface area contributed by atoms with Crippen LogP contribution >= 0.6 is 0 Å². The molecule has 3 aromatic carbocycles. The monoisotopic (exact) mass is 628 g/mol. The first-order valence-electron chi connectivity index (χ1n) is 14.0. The normalized spacial score (nSPS) is 14.0. The average molecular weight is 629 g/mol. The number of hydrogen-bond acceptors (Lipinski definition) is 5. The average Bonchev–Trinajstić information content (AvgIpc) is 3.01. The Bertz CT molecular complexity index is 1800. The molecule has 236 valence electrons. The van der Waals surface area contributed by atoms with Gasteiger partial charge in [-0.2, -0.15) is 13.2 Å². The number of amides is 2. The maximum Gasteiger partial charge on any atom is 0.416 e. The van der Waals surface area contributed by atoms with Crippen molar-refractivity contribution < 1.29 is 36.3 Å². The van der Waals surface area contributed by atoms with Gasteiger partial charge in [0.2, 0.25) is 11.3 Å². The molecule has 13 heteroatoms. The Kier molecular flexibility index (Phi) is 8.66. The number of aromatic nitrogens is 1. The van der Waals surface area contributed by atoms with E-state index in [0.717, 1.165) is 18.2 Å². The fraction of sp³-hybridized carbons (Fsp3) is 0.281. The SMILES string of the molecule is CC(C)(C(=O)NNC(=O)c1cn(Cc2ccc(C(F)(F)F)cc2)c2cc(N3CCOCC3)c(F)cc2c1=O)c1ccc(F)cc1. The molecule has 2 N–H and O–H groups in total. The molecule has 0 spiro atoms. The number of fused-ring (bicyclic) bond motifs is 1. The molecule has 2 amide bonds. The van der Waals surface area contributed by atoms with E-state index in [0.29, 0.717) is 37.4 Å². The van der Waals surface area contributed by atoms with E-state index in [9.17, 15) is 31.9 Å². The van der Waals surface area contributed by atoms with Crippen molar-refractivity contribution >= 4 is 28.4 Å². The molecule has 0 unspecified atom stereocenters. The van der Waals surface area contributed by atoms with Gasteiger partial charge >= 0.3 is 6.18 Å². The molecule has 1 aliphatic heterocycles.